The Morgan fingerprint density at radius 3 is 2.25 bits per heavy atom. The van der Waals surface area contributed by atoms with E-state index in [1.807, 2.05) is 0 Å². The van der Waals surface area contributed by atoms with Gasteiger partial charge in [0.2, 0.25) is 5.91 Å². The van der Waals surface area contributed by atoms with E-state index >= 15 is 0 Å². The van der Waals surface area contributed by atoms with Gasteiger partial charge in [-0.1, -0.05) is 6.42 Å². The SMILES string of the molecule is O=C(O)CCCCC(=O)NC(=O)N1CC2CCCC2C1. The van der Waals surface area contributed by atoms with Crippen LogP contribution >= 0.6 is 0 Å². The molecule has 0 aromatic heterocycles. The van der Waals surface area contributed by atoms with Gasteiger partial charge in [-0.3, -0.25) is 14.9 Å². The standard InChI is InChI=1S/C14H22N2O4/c17-12(6-1-2-7-13(18)19)15-14(20)16-8-10-4-3-5-11(10)9-16/h10-11H,1-9H2,(H,18,19)(H,15,17,20). The molecule has 112 valence electrons. The molecule has 1 aliphatic carbocycles. The monoisotopic (exact) mass is 282 g/mol. The van der Waals surface area contributed by atoms with Crippen LogP contribution in [-0.4, -0.2) is 41.0 Å². The molecule has 0 aromatic carbocycles. The number of nitrogens with zero attached hydrogens (tertiary/aromatic N) is 1. The number of carbonyl (C=O) groups excluding carboxylic acids is 2. The number of amides is 3. The Bertz CT molecular complexity index is 385. The smallest absolute Gasteiger partial charge is 0.324 e. The summed E-state index contributed by atoms with van der Waals surface area (Å²) in [5, 5.41) is 10.9. The lowest BCUT2D eigenvalue weighted by molar-refractivity contribution is -0.137. The molecule has 0 spiro atoms. The second-order valence-electron chi connectivity index (χ2n) is 5.81. The molecule has 6 nitrogen and oxygen atoms in total. The lowest BCUT2D eigenvalue weighted by Gasteiger charge is -2.17. The first-order chi connectivity index (χ1) is 9.56. The molecule has 1 saturated heterocycles. The summed E-state index contributed by atoms with van der Waals surface area (Å²) in [6.45, 7) is 1.53. The van der Waals surface area contributed by atoms with E-state index < -0.39 is 5.97 Å². The van der Waals surface area contributed by atoms with E-state index in [0.29, 0.717) is 24.7 Å². The van der Waals surface area contributed by atoms with Crippen molar-refractivity contribution in [3.8, 4) is 0 Å². The van der Waals surface area contributed by atoms with Crippen molar-refractivity contribution in [1.82, 2.24) is 10.2 Å². The quantitative estimate of drug-likeness (QED) is 0.750. The van der Waals surface area contributed by atoms with E-state index in [1.165, 1.54) is 19.3 Å². The van der Waals surface area contributed by atoms with Crippen LogP contribution < -0.4 is 5.32 Å². The zero-order valence-corrected chi connectivity index (χ0v) is 11.6. The molecule has 0 bridgehead atoms. The number of rotatable bonds is 5. The molecule has 2 unspecified atom stereocenters. The Morgan fingerprint density at radius 1 is 1.05 bits per heavy atom. The molecule has 2 rings (SSSR count). The van der Waals surface area contributed by atoms with Gasteiger partial charge in [-0.15, -0.1) is 0 Å². The zero-order chi connectivity index (χ0) is 14.5. The summed E-state index contributed by atoms with van der Waals surface area (Å²) >= 11 is 0. The number of unbranched alkanes of at least 4 members (excludes halogenated alkanes) is 1. The first kappa shape index (κ1) is 14.8. The summed E-state index contributed by atoms with van der Waals surface area (Å²) in [6, 6.07) is -0.289. The van der Waals surface area contributed by atoms with Crippen molar-refractivity contribution in [3.63, 3.8) is 0 Å². The molecule has 20 heavy (non-hydrogen) atoms. The third-order valence-electron chi connectivity index (χ3n) is 4.30. The number of carboxylic acid groups (broad SMARTS) is 1. The minimum Gasteiger partial charge on any atom is -0.481 e. The molecule has 0 radical (unpaired) electrons. The number of carbonyl (C=O) groups is 3. The maximum atomic E-state index is 11.9. The van der Waals surface area contributed by atoms with Gasteiger partial charge in [-0.25, -0.2) is 4.79 Å². The van der Waals surface area contributed by atoms with Crippen molar-refractivity contribution in [3.05, 3.63) is 0 Å². The Morgan fingerprint density at radius 2 is 1.65 bits per heavy atom. The first-order valence-corrected chi connectivity index (χ1v) is 7.37. The molecule has 2 aliphatic rings. The van der Waals surface area contributed by atoms with Crippen molar-refractivity contribution < 1.29 is 19.5 Å². The van der Waals surface area contributed by atoms with E-state index in [0.717, 1.165) is 13.1 Å². The summed E-state index contributed by atoms with van der Waals surface area (Å²) in [4.78, 5) is 35.6. The first-order valence-electron chi connectivity index (χ1n) is 7.37. The van der Waals surface area contributed by atoms with Gasteiger partial charge in [0, 0.05) is 25.9 Å². The highest BCUT2D eigenvalue weighted by molar-refractivity contribution is 5.94. The maximum absolute atomic E-state index is 11.9. The van der Waals surface area contributed by atoms with Crippen LogP contribution in [0.25, 0.3) is 0 Å². The predicted molar refractivity (Wildman–Crippen MR) is 72.0 cm³/mol. The van der Waals surface area contributed by atoms with Crippen molar-refractivity contribution in [2.45, 2.75) is 44.9 Å². The number of likely N-dealkylation sites (tertiary alicyclic amines) is 1. The van der Waals surface area contributed by atoms with Gasteiger partial charge in [0.05, 0.1) is 0 Å². The van der Waals surface area contributed by atoms with Gasteiger partial charge in [0.15, 0.2) is 0 Å². The van der Waals surface area contributed by atoms with Crippen LogP contribution in [-0.2, 0) is 9.59 Å². The third-order valence-corrected chi connectivity index (χ3v) is 4.30. The van der Waals surface area contributed by atoms with Crippen LogP contribution in [0.3, 0.4) is 0 Å². The predicted octanol–water partition coefficient (Wildman–Crippen LogP) is 1.60. The number of fused-ring (bicyclic) bond motifs is 1. The Kier molecular flexibility index (Phi) is 4.98. The van der Waals surface area contributed by atoms with Crippen LogP contribution in [0.4, 0.5) is 4.79 Å². The van der Waals surface area contributed by atoms with Gasteiger partial charge >= 0.3 is 12.0 Å². The molecule has 0 aromatic rings. The number of urea groups is 1. The fourth-order valence-electron chi connectivity index (χ4n) is 3.22. The van der Waals surface area contributed by atoms with Crippen molar-refractivity contribution in [2.75, 3.05) is 13.1 Å². The maximum Gasteiger partial charge on any atom is 0.324 e. The molecule has 2 fully saturated rings. The minimum absolute atomic E-state index is 0.0662. The molecule has 1 aliphatic heterocycles. The third kappa shape index (κ3) is 3.95. The van der Waals surface area contributed by atoms with Gasteiger partial charge < -0.3 is 10.0 Å². The number of imide groups is 1. The van der Waals surface area contributed by atoms with E-state index in [2.05, 4.69) is 5.32 Å². The fourth-order valence-corrected chi connectivity index (χ4v) is 3.22. The summed E-state index contributed by atoms with van der Waals surface area (Å²) in [7, 11) is 0. The Hall–Kier alpha value is -1.59. The van der Waals surface area contributed by atoms with Crippen LogP contribution in [0.2, 0.25) is 0 Å². The highest BCUT2D eigenvalue weighted by Gasteiger charge is 2.38. The molecule has 1 saturated carbocycles. The van der Waals surface area contributed by atoms with Crippen molar-refractivity contribution in [1.29, 1.82) is 0 Å². The van der Waals surface area contributed by atoms with E-state index in [1.54, 1.807) is 4.90 Å². The van der Waals surface area contributed by atoms with Crippen molar-refractivity contribution >= 4 is 17.9 Å². The number of hydrogen-bond acceptors (Lipinski definition) is 3. The van der Waals surface area contributed by atoms with Crippen LogP contribution in [0.1, 0.15) is 44.9 Å². The molecular formula is C14H22N2O4. The van der Waals surface area contributed by atoms with Crippen molar-refractivity contribution in [2.24, 2.45) is 11.8 Å². The summed E-state index contributed by atoms with van der Waals surface area (Å²) in [5.41, 5.74) is 0. The van der Waals surface area contributed by atoms with Gasteiger partial charge in [0.25, 0.3) is 0 Å². The minimum atomic E-state index is -0.856. The average molecular weight is 282 g/mol. The summed E-state index contributed by atoms with van der Waals surface area (Å²) < 4.78 is 0. The fraction of sp³-hybridized carbons (Fsp3) is 0.786. The molecule has 6 heteroatoms. The number of nitrogens with one attached hydrogen (secondary N) is 1. The molecule has 3 amide bonds. The molecule has 1 heterocycles. The second kappa shape index (κ2) is 6.72. The Labute approximate surface area is 118 Å². The van der Waals surface area contributed by atoms with Gasteiger partial charge in [-0.2, -0.15) is 0 Å². The highest BCUT2D eigenvalue weighted by atomic mass is 16.4. The average Bonchev–Trinajstić information content (AvgIpc) is 2.94. The van der Waals surface area contributed by atoms with Crippen LogP contribution in [0.15, 0.2) is 0 Å². The number of carboxylic acids is 1. The topological polar surface area (TPSA) is 86.7 Å². The Balaban J connectivity index is 1.64. The zero-order valence-electron chi connectivity index (χ0n) is 11.6. The van der Waals surface area contributed by atoms with E-state index in [4.69, 9.17) is 5.11 Å². The van der Waals surface area contributed by atoms with E-state index in [-0.39, 0.29) is 24.8 Å². The van der Waals surface area contributed by atoms with Gasteiger partial charge in [-0.05, 0) is 37.5 Å². The van der Waals surface area contributed by atoms with Crippen LogP contribution in [0, 0.1) is 11.8 Å². The van der Waals surface area contributed by atoms with Crippen LogP contribution in [0.5, 0.6) is 0 Å². The summed E-state index contributed by atoms with van der Waals surface area (Å²) in [5.74, 6) is 0.0698. The lowest BCUT2D eigenvalue weighted by atomic mass is 10.0. The number of aliphatic carboxylic acids is 1. The molecule has 2 N–H and O–H groups in total. The summed E-state index contributed by atoms with van der Waals surface area (Å²) in [6.07, 6.45) is 4.88. The molecule has 2 atom stereocenters. The normalized spacial score (nSPS) is 24.5. The lowest BCUT2D eigenvalue weighted by Crippen LogP contribution is -2.42. The number of hydrogen-bond donors (Lipinski definition) is 2. The second-order valence-corrected chi connectivity index (χ2v) is 5.81. The molecular weight excluding hydrogens is 260 g/mol. The highest BCUT2D eigenvalue weighted by Crippen LogP contribution is 2.37. The van der Waals surface area contributed by atoms with Gasteiger partial charge in [0.1, 0.15) is 0 Å². The van der Waals surface area contributed by atoms with E-state index in [9.17, 15) is 14.4 Å². The largest absolute Gasteiger partial charge is 0.481 e.